The lowest BCUT2D eigenvalue weighted by Gasteiger charge is -2.20. The summed E-state index contributed by atoms with van der Waals surface area (Å²) in [5, 5.41) is 16.0. The number of allylic oxidation sites excluding steroid dienone is 2. The van der Waals surface area contributed by atoms with Crippen molar-refractivity contribution in [2.75, 3.05) is 0 Å². The van der Waals surface area contributed by atoms with Gasteiger partial charge in [-0.1, -0.05) is 22.4 Å². The van der Waals surface area contributed by atoms with E-state index in [1.807, 2.05) is 0 Å². The van der Waals surface area contributed by atoms with Crippen LogP contribution in [0.2, 0.25) is 0 Å². The third-order valence-corrected chi connectivity index (χ3v) is 1.48. The molecule has 0 bridgehead atoms. The highest BCUT2D eigenvalue weighted by atomic mass is 16.3. The van der Waals surface area contributed by atoms with E-state index >= 15 is 0 Å². The maximum absolute atomic E-state index is 9.54. The first-order valence-corrected chi connectivity index (χ1v) is 3.42. The molecule has 0 aromatic carbocycles. The van der Waals surface area contributed by atoms with Gasteiger partial charge in [0.2, 0.25) is 0 Å². The van der Waals surface area contributed by atoms with Gasteiger partial charge in [-0.15, -0.1) is 0 Å². The fourth-order valence-electron chi connectivity index (χ4n) is 0.970. The number of azide groups is 2. The summed E-state index contributed by atoms with van der Waals surface area (Å²) in [6.45, 7) is 0. The van der Waals surface area contributed by atoms with Crippen molar-refractivity contribution < 1.29 is 5.11 Å². The molecule has 0 spiro atoms. The first-order valence-electron chi connectivity index (χ1n) is 3.42. The van der Waals surface area contributed by atoms with Crippen LogP contribution in [0.15, 0.2) is 34.2 Å². The average Bonchev–Trinajstić information content (AvgIpc) is 2.04. The minimum Gasteiger partial charge on any atom is -0.379 e. The maximum Gasteiger partial charge on any atom is 0.165 e. The normalized spacial score (nSPS) is 25.5. The molecule has 1 atom stereocenters. The smallest absolute Gasteiger partial charge is 0.165 e. The Balaban J connectivity index is 2.91. The standard InChI is InChI=1S/C6H6N6O/c7-11-9-5-2-1-3-6(13,4-5)10-12-8/h1-3,13H,4H2. The van der Waals surface area contributed by atoms with Gasteiger partial charge < -0.3 is 5.11 Å². The van der Waals surface area contributed by atoms with Gasteiger partial charge in [0.15, 0.2) is 5.72 Å². The minimum absolute atomic E-state index is 0.00236. The molecule has 0 aromatic heterocycles. The van der Waals surface area contributed by atoms with Crippen molar-refractivity contribution in [2.45, 2.75) is 12.1 Å². The van der Waals surface area contributed by atoms with Gasteiger partial charge in [-0.3, -0.25) is 0 Å². The summed E-state index contributed by atoms with van der Waals surface area (Å²) in [5.41, 5.74) is 15.0. The molecule has 7 heteroatoms. The quantitative estimate of drug-likeness (QED) is 0.389. The Hall–Kier alpha value is -1.94. The summed E-state index contributed by atoms with van der Waals surface area (Å²) < 4.78 is 0. The van der Waals surface area contributed by atoms with Crippen molar-refractivity contribution >= 4 is 0 Å². The fraction of sp³-hybridized carbons (Fsp3) is 0.333. The molecular formula is C6H6N6O. The summed E-state index contributed by atoms with van der Waals surface area (Å²) in [4.78, 5) is 5.05. The zero-order valence-electron chi connectivity index (χ0n) is 6.57. The molecule has 66 valence electrons. The van der Waals surface area contributed by atoms with Crippen molar-refractivity contribution in [2.24, 2.45) is 10.2 Å². The topological polar surface area (TPSA) is 118 Å². The molecule has 0 saturated heterocycles. The van der Waals surface area contributed by atoms with E-state index in [1.54, 1.807) is 6.08 Å². The van der Waals surface area contributed by atoms with Crippen LogP contribution in [-0.4, -0.2) is 10.8 Å². The Labute approximate surface area is 73.2 Å². The molecule has 1 aliphatic carbocycles. The van der Waals surface area contributed by atoms with E-state index < -0.39 is 5.72 Å². The fourth-order valence-corrected chi connectivity index (χ4v) is 0.970. The summed E-state index contributed by atoms with van der Waals surface area (Å²) in [6.07, 6.45) is 4.35. The zero-order chi connectivity index (χ0) is 9.73. The molecule has 0 aromatic rings. The average molecular weight is 178 g/mol. The third-order valence-electron chi connectivity index (χ3n) is 1.48. The van der Waals surface area contributed by atoms with Gasteiger partial charge in [0.1, 0.15) is 0 Å². The molecule has 13 heavy (non-hydrogen) atoms. The van der Waals surface area contributed by atoms with E-state index in [-0.39, 0.29) is 6.42 Å². The Morgan fingerprint density at radius 2 is 2.23 bits per heavy atom. The zero-order valence-corrected chi connectivity index (χ0v) is 6.57. The summed E-state index contributed by atoms with van der Waals surface area (Å²) in [6, 6.07) is 0. The van der Waals surface area contributed by atoms with Gasteiger partial charge in [0, 0.05) is 21.9 Å². The molecule has 1 aliphatic rings. The van der Waals surface area contributed by atoms with E-state index in [0.717, 1.165) is 0 Å². The van der Waals surface area contributed by atoms with Crippen LogP contribution in [0.4, 0.5) is 0 Å². The largest absolute Gasteiger partial charge is 0.379 e. The SMILES string of the molecule is [N-]=[N+]=NC1=CC=CC(O)(N=[N+]=[N-])C1. The number of hydrogen-bond donors (Lipinski definition) is 1. The Kier molecular flexibility index (Phi) is 2.56. The van der Waals surface area contributed by atoms with Gasteiger partial charge in [-0.05, 0) is 17.1 Å². The van der Waals surface area contributed by atoms with E-state index in [2.05, 4.69) is 20.1 Å². The van der Waals surface area contributed by atoms with Gasteiger partial charge >= 0.3 is 0 Å². The Morgan fingerprint density at radius 3 is 2.85 bits per heavy atom. The predicted molar refractivity (Wildman–Crippen MR) is 45.1 cm³/mol. The first kappa shape index (κ1) is 9.15. The second-order valence-corrected chi connectivity index (χ2v) is 2.45. The molecule has 1 N–H and O–H groups in total. The number of rotatable bonds is 2. The molecule has 0 amide bonds. The first-order chi connectivity index (χ1) is 6.20. The Morgan fingerprint density at radius 1 is 1.46 bits per heavy atom. The second kappa shape index (κ2) is 3.64. The van der Waals surface area contributed by atoms with Gasteiger partial charge in [-0.2, -0.15) is 0 Å². The molecule has 0 radical (unpaired) electrons. The minimum atomic E-state index is -1.60. The lowest BCUT2D eigenvalue weighted by Crippen LogP contribution is -2.23. The van der Waals surface area contributed by atoms with Crippen molar-refractivity contribution in [3.05, 3.63) is 44.8 Å². The van der Waals surface area contributed by atoms with E-state index in [9.17, 15) is 5.11 Å². The number of aliphatic hydroxyl groups is 1. The van der Waals surface area contributed by atoms with Crippen LogP contribution in [-0.2, 0) is 0 Å². The van der Waals surface area contributed by atoms with Crippen LogP contribution in [0.25, 0.3) is 20.9 Å². The highest BCUT2D eigenvalue weighted by Gasteiger charge is 2.24. The highest BCUT2D eigenvalue weighted by Crippen LogP contribution is 2.25. The van der Waals surface area contributed by atoms with Gasteiger partial charge in [0.25, 0.3) is 0 Å². The Bertz CT molecular complexity index is 359. The predicted octanol–water partition coefficient (Wildman–Crippen LogP) is 2.14. The van der Waals surface area contributed by atoms with Crippen LogP contribution in [0.5, 0.6) is 0 Å². The molecule has 0 fully saturated rings. The van der Waals surface area contributed by atoms with Crippen LogP contribution >= 0.6 is 0 Å². The van der Waals surface area contributed by atoms with Crippen molar-refractivity contribution in [1.82, 2.24) is 0 Å². The van der Waals surface area contributed by atoms with E-state index in [0.29, 0.717) is 5.70 Å². The number of hydrogen-bond acceptors (Lipinski definition) is 3. The summed E-state index contributed by atoms with van der Waals surface area (Å²) in [7, 11) is 0. The van der Waals surface area contributed by atoms with Crippen molar-refractivity contribution in [3.8, 4) is 0 Å². The molecule has 1 unspecified atom stereocenters. The lowest BCUT2D eigenvalue weighted by atomic mass is 10.0. The molecule has 1 rings (SSSR count). The van der Waals surface area contributed by atoms with E-state index in [1.165, 1.54) is 12.2 Å². The summed E-state index contributed by atoms with van der Waals surface area (Å²) in [5.74, 6) is 0. The van der Waals surface area contributed by atoms with Crippen LogP contribution in [0, 0.1) is 0 Å². The number of nitrogens with zero attached hydrogens (tertiary/aromatic N) is 6. The van der Waals surface area contributed by atoms with Crippen LogP contribution < -0.4 is 0 Å². The van der Waals surface area contributed by atoms with Crippen molar-refractivity contribution in [1.29, 1.82) is 0 Å². The van der Waals surface area contributed by atoms with Crippen LogP contribution in [0.3, 0.4) is 0 Å². The molecular weight excluding hydrogens is 172 g/mol. The summed E-state index contributed by atoms with van der Waals surface area (Å²) >= 11 is 0. The van der Waals surface area contributed by atoms with Crippen molar-refractivity contribution in [3.63, 3.8) is 0 Å². The van der Waals surface area contributed by atoms with Crippen LogP contribution in [0.1, 0.15) is 6.42 Å². The second-order valence-electron chi connectivity index (χ2n) is 2.45. The van der Waals surface area contributed by atoms with E-state index in [4.69, 9.17) is 11.1 Å². The maximum atomic E-state index is 9.54. The molecule has 0 saturated carbocycles. The highest BCUT2D eigenvalue weighted by molar-refractivity contribution is 5.23. The molecule has 0 aliphatic heterocycles. The lowest BCUT2D eigenvalue weighted by molar-refractivity contribution is 0.0973. The van der Waals surface area contributed by atoms with Gasteiger partial charge in [0.05, 0.1) is 0 Å². The third kappa shape index (κ3) is 2.25. The monoisotopic (exact) mass is 178 g/mol. The van der Waals surface area contributed by atoms with Gasteiger partial charge in [-0.25, -0.2) is 0 Å². The molecule has 0 heterocycles. The molecule has 7 nitrogen and oxygen atoms in total.